The highest BCUT2D eigenvalue weighted by molar-refractivity contribution is 6.54. The molecule has 1 unspecified atom stereocenters. The van der Waals surface area contributed by atoms with Gasteiger partial charge in [-0.15, -0.1) is 0 Å². The van der Waals surface area contributed by atoms with E-state index in [4.69, 9.17) is 23.8 Å². The fraction of sp³-hybridized carbons (Fsp3) is 0.278. The molecular formula is C36H35BN6O6. The highest BCUT2D eigenvalue weighted by Gasteiger charge is 2.57. The molecule has 2 aliphatic heterocycles. The minimum absolute atomic E-state index is 0.0474. The lowest BCUT2D eigenvalue weighted by Crippen LogP contribution is -2.42. The Kier molecular flexibility index (Phi) is 8.25. The molecule has 13 heteroatoms. The smallest absolute Gasteiger partial charge is 0.480 e. The van der Waals surface area contributed by atoms with Crippen LogP contribution in [0.5, 0.6) is 17.5 Å². The first-order valence-corrected chi connectivity index (χ1v) is 16.0. The van der Waals surface area contributed by atoms with E-state index in [1.165, 1.54) is 6.20 Å². The molecular weight excluding hydrogens is 623 g/mol. The zero-order chi connectivity index (χ0) is 34.3. The van der Waals surface area contributed by atoms with Gasteiger partial charge in [0.25, 0.3) is 0 Å². The zero-order valence-corrected chi connectivity index (χ0v) is 27.9. The number of nitrogens with zero attached hydrogens (tertiary/aromatic N) is 5. The van der Waals surface area contributed by atoms with E-state index in [-0.39, 0.29) is 23.4 Å². The number of imidazole rings is 1. The third-order valence-electron chi connectivity index (χ3n) is 9.28. The summed E-state index contributed by atoms with van der Waals surface area (Å²) in [4.78, 5) is 48.1. The van der Waals surface area contributed by atoms with Gasteiger partial charge in [0, 0.05) is 38.0 Å². The number of rotatable bonds is 8. The Labute approximate surface area is 283 Å². The Balaban J connectivity index is 1.12. The number of nitrogens with one attached hydrogen (secondary N) is 1. The standard InChI is InChI=1S/C36H35BN6O6/c1-22(44)43-20-16-24(17-21-43)37-48-35(2,3)36(4,49-37)29-15-14-26(33(42-29)46-5)30-34(39-19-18-38-30)47-25-12-10-23(11-13-25)31(45)32-40-27-8-6-7-9-28(27)41-32/h6-16,18-19H,17,20-21H2,1-5H3,(H,40,41). The van der Waals surface area contributed by atoms with Crippen molar-refractivity contribution in [2.45, 2.75) is 45.3 Å². The van der Waals surface area contributed by atoms with Gasteiger partial charge in [-0.05, 0) is 81.2 Å². The number of H-pyrrole nitrogens is 1. The second kappa shape index (κ2) is 12.6. The number of hydrogen-bond donors (Lipinski definition) is 1. The monoisotopic (exact) mass is 658 g/mol. The number of fused-ring (bicyclic) bond motifs is 1. The average molecular weight is 659 g/mol. The molecule has 5 heterocycles. The Morgan fingerprint density at radius 3 is 2.43 bits per heavy atom. The molecule has 2 aromatic carbocycles. The van der Waals surface area contributed by atoms with Crippen molar-refractivity contribution in [3.05, 3.63) is 102 Å². The molecule has 7 rings (SSSR count). The molecule has 1 amide bonds. The number of ether oxygens (including phenoxy) is 2. The lowest BCUT2D eigenvalue weighted by atomic mass is 9.74. The van der Waals surface area contributed by atoms with Gasteiger partial charge in [-0.3, -0.25) is 9.59 Å². The summed E-state index contributed by atoms with van der Waals surface area (Å²) in [7, 11) is 0.974. The normalized spacial score (nSPS) is 18.8. The third kappa shape index (κ3) is 5.96. The summed E-state index contributed by atoms with van der Waals surface area (Å²) in [5, 5.41) is 0. The van der Waals surface area contributed by atoms with E-state index in [9.17, 15) is 9.59 Å². The average Bonchev–Trinajstić information content (AvgIpc) is 3.66. The number of methoxy groups -OCH3 is 1. The molecule has 248 valence electrons. The van der Waals surface area contributed by atoms with Gasteiger partial charge in [-0.2, -0.15) is 0 Å². The van der Waals surface area contributed by atoms with Crippen LogP contribution in [0.1, 0.15) is 56.0 Å². The van der Waals surface area contributed by atoms with Crippen LogP contribution in [0, 0.1) is 0 Å². The van der Waals surface area contributed by atoms with Crippen molar-refractivity contribution in [3.63, 3.8) is 0 Å². The first kappa shape index (κ1) is 32.2. The number of ketones is 1. The van der Waals surface area contributed by atoms with Crippen molar-refractivity contribution in [1.82, 2.24) is 29.8 Å². The van der Waals surface area contributed by atoms with Crippen LogP contribution in [-0.4, -0.2) is 74.4 Å². The summed E-state index contributed by atoms with van der Waals surface area (Å²) in [6.07, 6.45) is 5.78. The lowest BCUT2D eigenvalue weighted by Gasteiger charge is -2.36. The van der Waals surface area contributed by atoms with Crippen LogP contribution in [0.4, 0.5) is 0 Å². The summed E-state index contributed by atoms with van der Waals surface area (Å²) in [6.45, 7) is 8.63. The molecule has 0 spiro atoms. The van der Waals surface area contributed by atoms with Crippen molar-refractivity contribution >= 4 is 29.8 Å². The quantitative estimate of drug-likeness (QED) is 0.163. The molecule has 0 radical (unpaired) electrons. The van der Waals surface area contributed by atoms with E-state index < -0.39 is 18.3 Å². The minimum Gasteiger partial charge on any atom is -0.480 e. The van der Waals surface area contributed by atoms with Gasteiger partial charge >= 0.3 is 7.12 Å². The molecule has 49 heavy (non-hydrogen) atoms. The number of aromatic nitrogens is 5. The van der Waals surface area contributed by atoms with Crippen molar-refractivity contribution in [3.8, 4) is 28.8 Å². The molecule has 0 saturated carbocycles. The second-order valence-corrected chi connectivity index (χ2v) is 12.6. The van der Waals surface area contributed by atoms with Crippen LogP contribution in [-0.2, 0) is 19.7 Å². The third-order valence-corrected chi connectivity index (χ3v) is 9.28. The van der Waals surface area contributed by atoms with Gasteiger partial charge in [0.2, 0.25) is 23.5 Å². The lowest BCUT2D eigenvalue weighted by molar-refractivity contribution is -0.128. The van der Waals surface area contributed by atoms with Gasteiger partial charge in [0.1, 0.15) is 17.0 Å². The molecule has 1 fully saturated rings. The number of carbonyl (C=O) groups is 2. The Morgan fingerprint density at radius 2 is 1.71 bits per heavy atom. The summed E-state index contributed by atoms with van der Waals surface area (Å²) in [6, 6.07) is 18.0. The van der Waals surface area contributed by atoms with Crippen molar-refractivity contribution in [1.29, 1.82) is 0 Å². The predicted octanol–water partition coefficient (Wildman–Crippen LogP) is 5.69. The van der Waals surface area contributed by atoms with Crippen LogP contribution in [0.2, 0.25) is 0 Å². The Hall–Kier alpha value is -5.40. The van der Waals surface area contributed by atoms with Crippen LogP contribution in [0.25, 0.3) is 22.3 Å². The van der Waals surface area contributed by atoms with E-state index >= 15 is 0 Å². The fourth-order valence-corrected chi connectivity index (χ4v) is 6.07. The number of hydrogen-bond acceptors (Lipinski definition) is 10. The van der Waals surface area contributed by atoms with Crippen LogP contribution in [0.15, 0.2) is 84.6 Å². The highest BCUT2D eigenvalue weighted by atomic mass is 16.7. The van der Waals surface area contributed by atoms with Crippen molar-refractivity contribution in [2.75, 3.05) is 20.2 Å². The SMILES string of the molecule is COc1nc(C2(C)OB(C3=CCN(C(C)=O)CC3)OC2(C)C)ccc1-c1nccnc1Oc1ccc(C(=O)c2nc3ccccc3[nH]2)cc1. The highest BCUT2D eigenvalue weighted by Crippen LogP contribution is 2.47. The van der Waals surface area contributed by atoms with E-state index in [1.807, 2.05) is 63.2 Å². The van der Waals surface area contributed by atoms with E-state index in [1.54, 1.807) is 49.4 Å². The largest absolute Gasteiger partial charge is 0.490 e. The first-order valence-electron chi connectivity index (χ1n) is 16.0. The van der Waals surface area contributed by atoms with Gasteiger partial charge < -0.3 is 28.7 Å². The molecule has 2 aliphatic rings. The molecule has 0 aliphatic carbocycles. The molecule has 0 bridgehead atoms. The van der Waals surface area contributed by atoms with E-state index in [2.05, 4.69) is 19.9 Å². The zero-order valence-electron chi connectivity index (χ0n) is 27.9. The maximum atomic E-state index is 13.1. The topological polar surface area (TPSA) is 142 Å². The Bertz CT molecular complexity index is 2060. The van der Waals surface area contributed by atoms with Crippen molar-refractivity contribution in [2.24, 2.45) is 0 Å². The maximum Gasteiger partial charge on any atom is 0.490 e. The van der Waals surface area contributed by atoms with Gasteiger partial charge in [-0.1, -0.05) is 18.2 Å². The number of aromatic amines is 1. The molecule has 1 atom stereocenters. The summed E-state index contributed by atoms with van der Waals surface area (Å²) in [5.41, 5.74) is 2.94. The molecule has 5 aromatic rings. The summed E-state index contributed by atoms with van der Waals surface area (Å²) < 4.78 is 25.0. The summed E-state index contributed by atoms with van der Waals surface area (Å²) in [5.74, 6) is 1.10. The first-order chi connectivity index (χ1) is 23.6. The number of para-hydroxylation sites is 2. The fourth-order valence-electron chi connectivity index (χ4n) is 6.07. The van der Waals surface area contributed by atoms with Gasteiger partial charge in [-0.25, -0.2) is 19.9 Å². The predicted molar refractivity (Wildman–Crippen MR) is 182 cm³/mol. The Morgan fingerprint density at radius 1 is 0.939 bits per heavy atom. The van der Waals surface area contributed by atoms with Gasteiger partial charge in [0.05, 0.1) is 35.0 Å². The molecule has 1 N–H and O–H groups in total. The second-order valence-electron chi connectivity index (χ2n) is 12.6. The maximum absolute atomic E-state index is 13.1. The van der Waals surface area contributed by atoms with Gasteiger partial charge in [0.15, 0.2) is 5.82 Å². The molecule has 12 nitrogen and oxygen atoms in total. The van der Waals surface area contributed by atoms with Crippen molar-refractivity contribution < 1.29 is 28.4 Å². The van der Waals surface area contributed by atoms with E-state index in [0.29, 0.717) is 53.7 Å². The van der Waals surface area contributed by atoms with E-state index in [0.717, 1.165) is 16.5 Å². The number of amides is 1. The number of pyridine rings is 1. The number of carbonyl (C=O) groups excluding carboxylic acids is 2. The molecule has 3 aromatic heterocycles. The minimum atomic E-state index is -0.925. The molecule has 1 saturated heterocycles. The van der Waals surface area contributed by atoms with Crippen LogP contribution >= 0.6 is 0 Å². The summed E-state index contributed by atoms with van der Waals surface area (Å²) >= 11 is 0. The van der Waals surface area contributed by atoms with Crippen LogP contribution in [0.3, 0.4) is 0 Å². The number of benzene rings is 2. The van der Waals surface area contributed by atoms with Crippen LogP contribution < -0.4 is 9.47 Å².